The van der Waals surface area contributed by atoms with Crippen molar-refractivity contribution in [2.24, 2.45) is 0 Å². The minimum atomic E-state index is -3.61. The molecule has 0 radical (unpaired) electrons. The summed E-state index contributed by atoms with van der Waals surface area (Å²) >= 11 is 5.79. The largest absolute Gasteiger partial charge is 0.481 e. The van der Waals surface area contributed by atoms with Crippen molar-refractivity contribution in [3.63, 3.8) is 0 Å². The van der Waals surface area contributed by atoms with Gasteiger partial charge in [0.1, 0.15) is 0 Å². The molecule has 0 spiro atoms. The van der Waals surface area contributed by atoms with E-state index in [4.69, 9.17) is 16.7 Å². The second-order valence-corrected chi connectivity index (χ2v) is 8.31. The van der Waals surface area contributed by atoms with Crippen LogP contribution in [-0.4, -0.2) is 30.6 Å². The molecule has 8 heteroatoms. The molecule has 0 aliphatic carbocycles. The third kappa shape index (κ3) is 4.68. The van der Waals surface area contributed by atoms with Crippen molar-refractivity contribution < 1.29 is 18.3 Å². The van der Waals surface area contributed by atoms with Crippen LogP contribution in [0.4, 0.5) is 0 Å². The highest BCUT2D eigenvalue weighted by Crippen LogP contribution is 2.22. The smallest absolute Gasteiger partial charge is 0.305 e. The lowest BCUT2D eigenvalue weighted by molar-refractivity contribution is -0.137. The van der Waals surface area contributed by atoms with Gasteiger partial charge in [-0.25, -0.2) is 13.1 Å². The number of hydrogen-bond donors (Lipinski definition) is 2. The summed E-state index contributed by atoms with van der Waals surface area (Å²) in [5, 5.41) is 10.4. The number of halogens is 1. The summed E-state index contributed by atoms with van der Waals surface area (Å²) in [6.07, 6.45) is 2.42. The first-order chi connectivity index (χ1) is 12.9. The number of hydrogen-bond acceptors (Lipinski definition) is 3. The van der Waals surface area contributed by atoms with Crippen LogP contribution in [-0.2, 0) is 27.8 Å². The first-order valence-electron chi connectivity index (χ1n) is 8.40. The molecule has 0 aliphatic rings. The van der Waals surface area contributed by atoms with Gasteiger partial charge in [-0.3, -0.25) is 4.79 Å². The average molecular weight is 407 g/mol. The summed E-state index contributed by atoms with van der Waals surface area (Å²) in [5.74, 6) is -0.856. The molecule has 2 N–H and O–H groups in total. The third-order valence-corrected chi connectivity index (χ3v) is 5.98. The van der Waals surface area contributed by atoms with Crippen LogP contribution in [0, 0.1) is 0 Å². The molecule has 1 aromatic heterocycles. The molecule has 0 amide bonds. The summed E-state index contributed by atoms with van der Waals surface area (Å²) in [6.45, 7) is 0.601. The number of para-hydroxylation sites is 1. The number of aryl methyl sites for hydroxylation is 1. The molecule has 0 saturated heterocycles. The van der Waals surface area contributed by atoms with E-state index in [0.29, 0.717) is 18.0 Å². The van der Waals surface area contributed by atoms with Crippen LogP contribution in [0.15, 0.2) is 59.6 Å². The zero-order chi connectivity index (χ0) is 19.4. The number of benzene rings is 2. The van der Waals surface area contributed by atoms with Crippen LogP contribution in [0.5, 0.6) is 0 Å². The first-order valence-corrected chi connectivity index (χ1v) is 10.3. The van der Waals surface area contributed by atoms with E-state index in [9.17, 15) is 13.2 Å². The van der Waals surface area contributed by atoms with Crippen molar-refractivity contribution >= 4 is 38.5 Å². The Balaban J connectivity index is 1.73. The van der Waals surface area contributed by atoms with Gasteiger partial charge in [0.15, 0.2) is 0 Å². The summed E-state index contributed by atoms with van der Waals surface area (Å²) in [6, 6.07) is 13.7. The van der Waals surface area contributed by atoms with Crippen molar-refractivity contribution in [3.8, 4) is 0 Å². The predicted octanol–water partition coefficient (Wildman–Crippen LogP) is 3.29. The summed E-state index contributed by atoms with van der Waals surface area (Å²) in [4.78, 5) is 11.0. The number of aliphatic carboxylic acids is 1. The first kappa shape index (κ1) is 19.4. The molecule has 0 aliphatic heterocycles. The van der Waals surface area contributed by atoms with Crippen LogP contribution in [0.2, 0.25) is 5.02 Å². The van der Waals surface area contributed by atoms with Crippen LogP contribution >= 0.6 is 11.6 Å². The Morgan fingerprint density at radius 1 is 1.11 bits per heavy atom. The Morgan fingerprint density at radius 3 is 2.52 bits per heavy atom. The molecule has 0 unspecified atom stereocenters. The third-order valence-electron chi connectivity index (χ3n) is 4.25. The number of sulfonamides is 1. The van der Waals surface area contributed by atoms with E-state index >= 15 is 0 Å². The number of carboxylic acids is 1. The van der Waals surface area contributed by atoms with Gasteiger partial charge in [0.05, 0.1) is 11.3 Å². The maximum absolute atomic E-state index is 12.4. The number of carbonyl (C=O) groups is 1. The van der Waals surface area contributed by atoms with E-state index in [1.807, 2.05) is 35.0 Å². The predicted molar refractivity (Wildman–Crippen MR) is 105 cm³/mol. The molecular formula is C19H19ClN2O4S. The molecule has 1 heterocycles. The zero-order valence-electron chi connectivity index (χ0n) is 14.4. The molecule has 6 nitrogen and oxygen atoms in total. The fourth-order valence-corrected chi connectivity index (χ4v) is 4.10. The Hall–Kier alpha value is -2.35. The Labute approximate surface area is 162 Å². The van der Waals surface area contributed by atoms with E-state index in [-0.39, 0.29) is 17.9 Å². The van der Waals surface area contributed by atoms with Gasteiger partial charge in [0, 0.05) is 35.2 Å². The number of aromatic nitrogens is 1. The molecule has 0 bridgehead atoms. The van der Waals surface area contributed by atoms with Gasteiger partial charge in [0.2, 0.25) is 10.0 Å². The molecule has 0 saturated carbocycles. The Morgan fingerprint density at radius 2 is 1.81 bits per heavy atom. The standard InChI is InChI=1S/C19H19ClN2O4S/c20-15-5-7-16(8-6-15)27(25,26)21-11-9-14-13-22(12-10-19(23)24)18-4-2-1-3-17(14)18/h1-8,13,21H,9-12H2,(H,23,24). The molecular weight excluding hydrogens is 388 g/mol. The average Bonchev–Trinajstić information content (AvgIpc) is 2.98. The fourth-order valence-electron chi connectivity index (χ4n) is 2.94. The second-order valence-electron chi connectivity index (χ2n) is 6.11. The van der Waals surface area contributed by atoms with E-state index in [2.05, 4.69) is 4.72 Å². The molecule has 2 aromatic carbocycles. The Kier molecular flexibility index (Phi) is 5.84. The lowest BCUT2D eigenvalue weighted by atomic mass is 10.1. The number of fused-ring (bicyclic) bond motifs is 1. The normalized spacial score (nSPS) is 11.7. The highest BCUT2D eigenvalue weighted by molar-refractivity contribution is 7.89. The minimum Gasteiger partial charge on any atom is -0.481 e. The topological polar surface area (TPSA) is 88.4 Å². The molecule has 3 aromatic rings. The van der Waals surface area contributed by atoms with Crippen LogP contribution < -0.4 is 4.72 Å². The molecule has 27 heavy (non-hydrogen) atoms. The van der Waals surface area contributed by atoms with Gasteiger partial charge in [-0.15, -0.1) is 0 Å². The van der Waals surface area contributed by atoms with Gasteiger partial charge < -0.3 is 9.67 Å². The fraction of sp³-hybridized carbons (Fsp3) is 0.211. The summed E-state index contributed by atoms with van der Waals surface area (Å²) < 4.78 is 29.2. The van der Waals surface area contributed by atoms with E-state index in [1.54, 1.807) is 0 Å². The summed E-state index contributed by atoms with van der Waals surface area (Å²) in [7, 11) is -3.61. The molecule has 142 valence electrons. The number of nitrogens with one attached hydrogen (secondary N) is 1. The number of carboxylic acid groups (broad SMARTS) is 1. The highest BCUT2D eigenvalue weighted by Gasteiger charge is 2.14. The maximum Gasteiger partial charge on any atom is 0.305 e. The second kappa shape index (κ2) is 8.12. The lowest BCUT2D eigenvalue weighted by Gasteiger charge is -2.06. The molecule has 0 fully saturated rings. The van der Waals surface area contributed by atoms with Crippen molar-refractivity contribution in [2.75, 3.05) is 6.54 Å². The SMILES string of the molecule is O=C(O)CCn1cc(CCNS(=O)(=O)c2ccc(Cl)cc2)c2ccccc21. The highest BCUT2D eigenvalue weighted by atomic mass is 35.5. The van der Waals surface area contributed by atoms with Crippen molar-refractivity contribution in [1.29, 1.82) is 0 Å². The lowest BCUT2D eigenvalue weighted by Crippen LogP contribution is -2.25. The summed E-state index contributed by atoms with van der Waals surface area (Å²) in [5.41, 5.74) is 1.91. The van der Waals surface area contributed by atoms with Crippen molar-refractivity contribution in [3.05, 3.63) is 65.3 Å². The van der Waals surface area contributed by atoms with E-state index in [0.717, 1.165) is 16.5 Å². The number of rotatable bonds is 8. The minimum absolute atomic E-state index is 0.0291. The maximum atomic E-state index is 12.4. The van der Waals surface area contributed by atoms with Crippen molar-refractivity contribution in [2.45, 2.75) is 24.3 Å². The number of nitrogens with zero attached hydrogens (tertiary/aromatic N) is 1. The van der Waals surface area contributed by atoms with Crippen molar-refractivity contribution in [1.82, 2.24) is 9.29 Å². The zero-order valence-corrected chi connectivity index (χ0v) is 16.0. The molecule has 0 atom stereocenters. The van der Waals surface area contributed by atoms with E-state index in [1.165, 1.54) is 24.3 Å². The van der Waals surface area contributed by atoms with Gasteiger partial charge >= 0.3 is 5.97 Å². The molecule has 3 rings (SSSR count). The Bertz CT molecular complexity index is 1060. The van der Waals surface area contributed by atoms with Gasteiger partial charge in [-0.05, 0) is 42.3 Å². The van der Waals surface area contributed by atoms with E-state index < -0.39 is 16.0 Å². The van der Waals surface area contributed by atoms with Crippen LogP contribution in [0.25, 0.3) is 10.9 Å². The van der Waals surface area contributed by atoms with Gasteiger partial charge in [0.25, 0.3) is 0 Å². The van der Waals surface area contributed by atoms with Gasteiger partial charge in [-0.2, -0.15) is 0 Å². The quantitative estimate of drug-likeness (QED) is 0.600. The monoisotopic (exact) mass is 406 g/mol. The van der Waals surface area contributed by atoms with Crippen LogP contribution in [0.3, 0.4) is 0 Å². The van der Waals surface area contributed by atoms with Gasteiger partial charge in [-0.1, -0.05) is 29.8 Å². The van der Waals surface area contributed by atoms with Crippen LogP contribution in [0.1, 0.15) is 12.0 Å².